The van der Waals surface area contributed by atoms with Crippen LogP contribution in [0.4, 0.5) is 10.1 Å². The molecular weight excluding hydrogens is 337 g/mol. The van der Waals surface area contributed by atoms with Gasteiger partial charge in [0.15, 0.2) is 6.10 Å². The monoisotopic (exact) mass is 351 g/mol. The van der Waals surface area contributed by atoms with Gasteiger partial charge in [-0.3, -0.25) is 14.3 Å². The Morgan fingerprint density at radius 2 is 1.96 bits per heavy atom. The summed E-state index contributed by atoms with van der Waals surface area (Å²) < 4.78 is 23.2. The topological polar surface area (TPSA) is 65.3 Å². The van der Waals surface area contributed by atoms with Crippen LogP contribution in [0.2, 0.25) is 5.15 Å². The lowest BCUT2D eigenvalue weighted by Gasteiger charge is -2.23. The number of anilines is 1. The number of ether oxygens (including phenoxy) is 1. The van der Waals surface area contributed by atoms with Crippen LogP contribution in [0.3, 0.4) is 0 Å². The highest BCUT2D eigenvalue weighted by Gasteiger charge is 2.28. The molecule has 0 aliphatic carbocycles. The highest BCUT2D eigenvalue weighted by atomic mass is 35.5. The second-order valence-corrected chi connectivity index (χ2v) is 6.36. The van der Waals surface area contributed by atoms with Crippen molar-refractivity contribution in [3.05, 3.63) is 33.5 Å². The van der Waals surface area contributed by atoms with Crippen LogP contribution < -0.4 is 15.6 Å². The van der Waals surface area contributed by atoms with Gasteiger partial charge in [0.2, 0.25) is 0 Å². The molecule has 0 saturated heterocycles. The van der Waals surface area contributed by atoms with E-state index in [0.29, 0.717) is 18.8 Å². The lowest BCUT2D eigenvalue weighted by atomic mass is 10.1. The Morgan fingerprint density at radius 1 is 1.25 bits per heavy atom. The minimum atomic E-state index is -0.696. The Hall–Kier alpha value is -2.28. The van der Waals surface area contributed by atoms with Crippen molar-refractivity contribution < 1.29 is 13.9 Å². The second kappa shape index (κ2) is 5.37. The highest BCUT2D eigenvalue weighted by Crippen LogP contribution is 2.37. The normalized spacial score (nSPS) is 19.3. The van der Waals surface area contributed by atoms with Gasteiger partial charge in [0.1, 0.15) is 16.7 Å². The quantitative estimate of drug-likeness (QED) is 0.859. The summed E-state index contributed by atoms with van der Waals surface area (Å²) in [5.41, 5.74) is 0.192. The van der Waals surface area contributed by atoms with Crippen LogP contribution in [-0.2, 0) is 17.9 Å². The van der Waals surface area contributed by atoms with Gasteiger partial charge in [-0.15, -0.1) is 0 Å². The molecule has 0 unspecified atom stereocenters. The van der Waals surface area contributed by atoms with Gasteiger partial charge in [0.25, 0.3) is 11.5 Å². The summed E-state index contributed by atoms with van der Waals surface area (Å²) in [6, 6.07) is 2.58. The van der Waals surface area contributed by atoms with Gasteiger partial charge in [0.05, 0.1) is 11.3 Å². The summed E-state index contributed by atoms with van der Waals surface area (Å²) in [4.78, 5) is 24.4. The first-order valence-corrected chi connectivity index (χ1v) is 8.15. The van der Waals surface area contributed by atoms with Crippen LogP contribution in [-0.4, -0.2) is 21.4 Å². The lowest BCUT2D eigenvalue weighted by Crippen LogP contribution is -2.34. The number of fused-ring (bicyclic) bond motifs is 2. The van der Waals surface area contributed by atoms with Crippen LogP contribution in [0.5, 0.6) is 5.75 Å². The largest absolute Gasteiger partial charge is 0.479 e. The predicted molar refractivity (Wildman–Crippen MR) is 87.0 cm³/mol. The van der Waals surface area contributed by atoms with E-state index in [0.717, 1.165) is 12.8 Å². The zero-order valence-electron chi connectivity index (χ0n) is 12.9. The molecule has 0 saturated carbocycles. The smallest absolute Gasteiger partial charge is 0.276 e. The molecule has 24 heavy (non-hydrogen) atoms. The lowest BCUT2D eigenvalue weighted by molar-refractivity contribution is -0.122. The van der Waals surface area contributed by atoms with E-state index >= 15 is 0 Å². The van der Waals surface area contributed by atoms with Crippen LogP contribution in [0.25, 0.3) is 11.1 Å². The van der Waals surface area contributed by atoms with Gasteiger partial charge < -0.3 is 10.1 Å². The second-order valence-electron chi connectivity index (χ2n) is 6.00. The fourth-order valence-corrected chi connectivity index (χ4v) is 3.53. The number of halogens is 2. The van der Waals surface area contributed by atoms with Crippen molar-refractivity contribution >= 4 is 23.2 Å². The number of carbonyl (C=O) groups is 1. The van der Waals surface area contributed by atoms with Gasteiger partial charge in [-0.2, -0.15) is 0 Å². The SMILES string of the molecule is C[C@@H]1Oc2cc(F)c(-c3c(Cl)n4n(c3=O)CCCC4)cc2NC1=O. The average Bonchev–Trinajstić information content (AvgIpc) is 2.81. The molecule has 1 N–H and O–H groups in total. The fourth-order valence-electron chi connectivity index (χ4n) is 3.17. The van der Waals surface area contributed by atoms with E-state index in [9.17, 15) is 14.0 Å². The molecule has 3 heterocycles. The van der Waals surface area contributed by atoms with E-state index in [1.807, 2.05) is 0 Å². The van der Waals surface area contributed by atoms with Crippen molar-refractivity contribution in [3.63, 3.8) is 0 Å². The third-order valence-electron chi connectivity index (χ3n) is 4.43. The molecule has 2 aliphatic rings. The summed E-state index contributed by atoms with van der Waals surface area (Å²) in [5.74, 6) is -0.692. The van der Waals surface area contributed by atoms with Crippen LogP contribution in [0.1, 0.15) is 19.8 Å². The maximum Gasteiger partial charge on any atom is 0.276 e. The van der Waals surface area contributed by atoms with Crippen LogP contribution in [0, 0.1) is 5.82 Å². The zero-order chi connectivity index (χ0) is 17.0. The van der Waals surface area contributed by atoms with Gasteiger partial charge in [-0.25, -0.2) is 9.07 Å². The van der Waals surface area contributed by atoms with Crippen molar-refractivity contribution in [1.82, 2.24) is 9.36 Å². The van der Waals surface area contributed by atoms with E-state index in [2.05, 4.69) is 5.32 Å². The summed E-state index contributed by atoms with van der Waals surface area (Å²) in [6.07, 6.45) is 1.11. The number of amides is 1. The fraction of sp³-hybridized carbons (Fsp3) is 0.375. The minimum absolute atomic E-state index is 0.0663. The molecule has 0 radical (unpaired) electrons. The van der Waals surface area contributed by atoms with E-state index < -0.39 is 11.9 Å². The molecule has 8 heteroatoms. The molecule has 4 rings (SSSR count). The molecule has 6 nitrogen and oxygen atoms in total. The summed E-state index contributed by atoms with van der Waals surface area (Å²) in [6.45, 7) is 2.76. The van der Waals surface area contributed by atoms with Gasteiger partial charge >= 0.3 is 0 Å². The Morgan fingerprint density at radius 3 is 2.67 bits per heavy atom. The molecule has 1 aromatic heterocycles. The van der Waals surface area contributed by atoms with Crippen molar-refractivity contribution in [3.8, 4) is 16.9 Å². The molecule has 1 amide bonds. The Kier molecular flexibility index (Phi) is 3.42. The Bertz CT molecular complexity index is 918. The van der Waals surface area contributed by atoms with Crippen LogP contribution >= 0.6 is 11.6 Å². The van der Waals surface area contributed by atoms with Gasteiger partial charge in [0, 0.05) is 24.7 Å². The number of aromatic nitrogens is 2. The first kappa shape index (κ1) is 15.3. The van der Waals surface area contributed by atoms with Gasteiger partial charge in [-0.1, -0.05) is 11.6 Å². The summed E-state index contributed by atoms with van der Waals surface area (Å²) in [7, 11) is 0. The van der Waals surface area contributed by atoms with E-state index in [4.69, 9.17) is 16.3 Å². The van der Waals surface area contributed by atoms with E-state index in [1.54, 1.807) is 11.6 Å². The average molecular weight is 352 g/mol. The molecule has 126 valence electrons. The molecule has 2 aliphatic heterocycles. The molecule has 1 aromatic carbocycles. The van der Waals surface area contributed by atoms with E-state index in [1.165, 1.54) is 16.8 Å². The maximum atomic E-state index is 14.6. The summed E-state index contributed by atoms with van der Waals surface area (Å²) in [5, 5.41) is 2.88. The third-order valence-corrected chi connectivity index (χ3v) is 4.82. The van der Waals surface area contributed by atoms with Crippen molar-refractivity contribution in [2.24, 2.45) is 0 Å². The Balaban J connectivity index is 1.90. The first-order valence-electron chi connectivity index (χ1n) is 7.78. The number of hydrogen-bond acceptors (Lipinski definition) is 3. The number of nitrogens with zero attached hydrogens (tertiary/aromatic N) is 2. The Labute approximate surface area is 141 Å². The maximum absolute atomic E-state index is 14.6. The number of carbonyl (C=O) groups excluding carboxylic acids is 1. The molecule has 0 fully saturated rings. The molecule has 0 spiro atoms. The number of benzene rings is 1. The minimum Gasteiger partial charge on any atom is -0.479 e. The number of hydrogen-bond donors (Lipinski definition) is 1. The number of rotatable bonds is 1. The molecule has 0 bridgehead atoms. The molecular formula is C16H15ClFN3O3. The standard InChI is InChI=1S/C16H15ClFN3O3/c1-8-15(22)19-11-6-9(10(18)7-12(11)24-8)13-14(17)20-4-2-3-5-21(20)16(13)23/h6-8H,2-5H2,1H3,(H,19,22)/t8-/m0/s1. The van der Waals surface area contributed by atoms with Crippen molar-refractivity contribution in [2.45, 2.75) is 39.0 Å². The van der Waals surface area contributed by atoms with E-state index in [-0.39, 0.29) is 33.5 Å². The van der Waals surface area contributed by atoms with Crippen LogP contribution in [0.15, 0.2) is 16.9 Å². The zero-order valence-corrected chi connectivity index (χ0v) is 13.7. The van der Waals surface area contributed by atoms with Crippen molar-refractivity contribution in [2.75, 3.05) is 5.32 Å². The number of nitrogens with one attached hydrogen (secondary N) is 1. The molecule has 1 atom stereocenters. The summed E-state index contributed by atoms with van der Waals surface area (Å²) >= 11 is 6.35. The predicted octanol–water partition coefficient (Wildman–Crippen LogP) is 2.62. The highest BCUT2D eigenvalue weighted by molar-refractivity contribution is 6.32. The molecule has 2 aromatic rings. The third kappa shape index (κ3) is 2.15. The van der Waals surface area contributed by atoms with Crippen molar-refractivity contribution in [1.29, 1.82) is 0 Å². The van der Waals surface area contributed by atoms with Gasteiger partial charge in [-0.05, 0) is 25.8 Å². The first-order chi connectivity index (χ1) is 11.5.